The van der Waals surface area contributed by atoms with Crippen molar-refractivity contribution < 1.29 is 29.1 Å². The molecule has 2 atom stereocenters. The Labute approximate surface area is 281 Å². The molecule has 3 aromatic rings. The second kappa shape index (κ2) is 15.7. The van der Waals surface area contributed by atoms with Crippen molar-refractivity contribution in [2.75, 3.05) is 13.2 Å². The van der Waals surface area contributed by atoms with Gasteiger partial charge in [0.15, 0.2) is 0 Å². The fourth-order valence-corrected chi connectivity index (χ4v) is 5.83. The highest BCUT2D eigenvalue weighted by Crippen LogP contribution is 2.40. The number of allylic oxidation sites excluding steroid dienone is 2. The molecule has 1 aromatic heterocycles. The van der Waals surface area contributed by atoms with Gasteiger partial charge in [-0.3, -0.25) is 15.1 Å². The van der Waals surface area contributed by atoms with Gasteiger partial charge in [0, 0.05) is 42.3 Å². The maximum Gasteiger partial charge on any atom is 0.336 e. The molecule has 4 rings (SSSR count). The number of dihydropyridines is 1. The average Bonchev–Trinajstić information content (AvgIpc) is 3.02. The maximum absolute atomic E-state index is 13.6. The summed E-state index contributed by atoms with van der Waals surface area (Å²) >= 11 is 0. The normalized spacial score (nSPS) is 16.0. The second-order valence-electron chi connectivity index (χ2n) is 13.2. The molecular formula is C38H43N3O7. The molecule has 0 saturated carbocycles. The SMILES string of the molecule is CC(=Cc1ccc(Cc2cccnc2)cc1)COC(CCOC(=O)C1=C(C)NC(C)=C(C(=O)O)C1c1cccc([N+](=O)[O-])c1)C(C)(C)C. The zero-order valence-corrected chi connectivity index (χ0v) is 28.3. The smallest absolute Gasteiger partial charge is 0.336 e. The van der Waals surface area contributed by atoms with Crippen LogP contribution in [0.4, 0.5) is 5.69 Å². The van der Waals surface area contributed by atoms with E-state index in [1.54, 1.807) is 26.1 Å². The Morgan fingerprint density at radius 2 is 1.75 bits per heavy atom. The fourth-order valence-electron chi connectivity index (χ4n) is 5.83. The van der Waals surface area contributed by atoms with E-state index in [9.17, 15) is 24.8 Å². The van der Waals surface area contributed by atoms with E-state index in [-0.39, 0.29) is 35.0 Å². The van der Waals surface area contributed by atoms with Crippen molar-refractivity contribution >= 4 is 23.7 Å². The average molecular weight is 654 g/mol. The van der Waals surface area contributed by atoms with E-state index in [0.717, 1.165) is 23.1 Å². The number of nitro groups is 1. The molecule has 0 bridgehead atoms. The molecule has 2 aromatic carbocycles. The fraction of sp³-hybridized carbons (Fsp3) is 0.342. The Morgan fingerprint density at radius 1 is 1.04 bits per heavy atom. The van der Waals surface area contributed by atoms with Crippen molar-refractivity contribution in [1.29, 1.82) is 0 Å². The van der Waals surface area contributed by atoms with Gasteiger partial charge in [0.2, 0.25) is 0 Å². The van der Waals surface area contributed by atoms with Crippen molar-refractivity contribution in [3.63, 3.8) is 0 Å². The van der Waals surface area contributed by atoms with Crippen molar-refractivity contribution in [2.45, 2.75) is 66.4 Å². The number of carbonyl (C=O) groups is 2. The third kappa shape index (κ3) is 9.25. The summed E-state index contributed by atoms with van der Waals surface area (Å²) in [4.78, 5) is 41.0. The van der Waals surface area contributed by atoms with Gasteiger partial charge >= 0.3 is 11.9 Å². The molecule has 0 aliphatic carbocycles. The lowest BCUT2D eigenvalue weighted by Crippen LogP contribution is -2.33. The Balaban J connectivity index is 1.41. The van der Waals surface area contributed by atoms with Gasteiger partial charge in [-0.25, -0.2) is 9.59 Å². The molecule has 0 radical (unpaired) electrons. The van der Waals surface area contributed by atoms with E-state index < -0.39 is 22.8 Å². The number of nitro benzene ring substituents is 1. The molecule has 252 valence electrons. The van der Waals surface area contributed by atoms with E-state index in [4.69, 9.17) is 9.47 Å². The van der Waals surface area contributed by atoms with Gasteiger partial charge < -0.3 is 19.9 Å². The Morgan fingerprint density at radius 3 is 2.38 bits per heavy atom. The Hall–Kier alpha value is -5.09. The lowest BCUT2D eigenvalue weighted by atomic mass is 9.80. The van der Waals surface area contributed by atoms with Gasteiger partial charge in [-0.05, 0) is 66.5 Å². The summed E-state index contributed by atoms with van der Waals surface area (Å²) in [5.41, 5.74) is 5.11. The highest BCUT2D eigenvalue weighted by molar-refractivity contribution is 5.99. The zero-order chi connectivity index (χ0) is 35.0. The maximum atomic E-state index is 13.6. The van der Waals surface area contributed by atoms with Crippen LogP contribution >= 0.6 is 0 Å². The summed E-state index contributed by atoms with van der Waals surface area (Å²) in [5.74, 6) is -2.99. The molecule has 2 unspecified atom stereocenters. The highest BCUT2D eigenvalue weighted by atomic mass is 16.6. The number of nitrogens with one attached hydrogen (secondary N) is 1. The van der Waals surface area contributed by atoms with Crippen LogP contribution in [0.3, 0.4) is 0 Å². The first-order valence-electron chi connectivity index (χ1n) is 15.8. The largest absolute Gasteiger partial charge is 0.478 e. The lowest BCUT2D eigenvalue weighted by Gasteiger charge is -2.32. The number of nitrogens with zero attached hydrogens (tertiary/aromatic N) is 2. The Kier molecular flexibility index (Phi) is 11.7. The van der Waals surface area contributed by atoms with Crippen LogP contribution in [-0.2, 0) is 25.5 Å². The van der Waals surface area contributed by atoms with Crippen LogP contribution in [0.5, 0.6) is 0 Å². The number of rotatable bonds is 13. The lowest BCUT2D eigenvalue weighted by molar-refractivity contribution is -0.384. The van der Waals surface area contributed by atoms with Crippen LogP contribution in [0, 0.1) is 15.5 Å². The van der Waals surface area contributed by atoms with Crippen LogP contribution in [-0.4, -0.2) is 46.3 Å². The topological polar surface area (TPSA) is 141 Å². The van der Waals surface area contributed by atoms with Crippen molar-refractivity contribution in [3.05, 3.63) is 134 Å². The number of benzene rings is 2. The number of aliphatic carboxylic acids is 1. The highest BCUT2D eigenvalue weighted by Gasteiger charge is 2.38. The van der Waals surface area contributed by atoms with Crippen molar-refractivity contribution in [1.82, 2.24) is 10.3 Å². The van der Waals surface area contributed by atoms with Gasteiger partial charge in [0.25, 0.3) is 5.69 Å². The number of esters is 1. The van der Waals surface area contributed by atoms with Crippen LogP contribution in [0.2, 0.25) is 0 Å². The van der Waals surface area contributed by atoms with Gasteiger partial charge in [-0.15, -0.1) is 0 Å². The molecule has 10 heteroatoms. The molecular weight excluding hydrogens is 610 g/mol. The van der Waals surface area contributed by atoms with Crippen molar-refractivity contribution in [2.24, 2.45) is 5.41 Å². The van der Waals surface area contributed by atoms with Gasteiger partial charge in [0.1, 0.15) is 0 Å². The van der Waals surface area contributed by atoms with Crippen LogP contribution in [0.1, 0.15) is 76.1 Å². The monoisotopic (exact) mass is 653 g/mol. The van der Waals surface area contributed by atoms with E-state index >= 15 is 0 Å². The molecule has 0 amide bonds. The van der Waals surface area contributed by atoms with Crippen LogP contribution < -0.4 is 5.32 Å². The number of carboxylic acid groups (broad SMARTS) is 1. The summed E-state index contributed by atoms with van der Waals surface area (Å²) in [6.45, 7) is 11.9. The third-order valence-corrected chi connectivity index (χ3v) is 8.24. The summed E-state index contributed by atoms with van der Waals surface area (Å²) in [6, 6.07) is 18.1. The molecule has 0 spiro atoms. The summed E-state index contributed by atoms with van der Waals surface area (Å²) in [5, 5.41) is 24.5. The quantitative estimate of drug-likeness (QED) is 0.110. The number of hydrogen-bond donors (Lipinski definition) is 2. The molecule has 0 saturated heterocycles. The summed E-state index contributed by atoms with van der Waals surface area (Å²) in [7, 11) is 0. The van der Waals surface area contributed by atoms with E-state index in [2.05, 4.69) is 67.5 Å². The molecule has 2 heterocycles. The van der Waals surface area contributed by atoms with Crippen LogP contribution in [0.15, 0.2) is 101 Å². The first kappa shape index (κ1) is 35.8. The van der Waals surface area contributed by atoms with E-state index in [1.165, 1.54) is 23.8 Å². The number of hydrogen-bond acceptors (Lipinski definition) is 8. The van der Waals surface area contributed by atoms with Gasteiger partial charge in [-0.1, -0.05) is 69.3 Å². The zero-order valence-electron chi connectivity index (χ0n) is 28.3. The summed E-state index contributed by atoms with van der Waals surface area (Å²) < 4.78 is 12.1. The predicted octanol–water partition coefficient (Wildman–Crippen LogP) is 7.37. The van der Waals surface area contributed by atoms with E-state index in [0.29, 0.717) is 30.0 Å². The van der Waals surface area contributed by atoms with Gasteiger partial charge in [0.05, 0.1) is 41.3 Å². The molecule has 1 aliphatic heterocycles. The number of aromatic nitrogens is 1. The first-order chi connectivity index (χ1) is 22.7. The number of carbonyl (C=O) groups excluding carboxylic acids is 1. The second-order valence-corrected chi connectivity index (χ2v) is 13.2. The molecule has 48 heavy (non-hydrogen) atoms. The molecule has 10 nitrogen and oxygen atoms in total. The van der Waals surface area contributed by atoms with E-state index in [1.807, 2.05) is 19.2 Å². The number of ether oxygens (including phenoxy) is 2. The predicted molar refractivity (Wildman–Crippen MR) is 184 cm³/mol. The Bertz CT molecular complexity index is 1740. The van der Waals surface area contributed by atoms with Crippen LogP contribution in [0.25, 0.3) is 6.08 Å². The molecule has 2 N–H and O–H groups in total. The third-order valence-electron chi connectivity index (χ3n) is 8.24. The molecule has 0 fully saturated rings. The summed E-state index contributed by atoms with van der Waals surface area (Å²) in [6.07, 6.45) is 6.70. The minimum Gasteiger partial charge on any atom is -0.478 e. The standard InChI is InChI=1S/C38H43N3O7/c1-24(19-27-12-14-28(15-13-27)20-29-9-8-17-39-22-29)23-48-32(38(4,5)6)16-18-47-37(44)34-26(3)40-25(2)33(36(42)43)35(34)30-10-7-11-31(21-30)41(45)46/h7-15,17,19,21-22,32,35,40H,16,18,20,23H2,1-6H3,(H,42,43). The molecule has 1 aliphatic rings. The van der Waals surface area contributed by atoms with Gasteiger partial charge in [-0.2, -0.15) is 0 Å². The minimum atomic E-state index is -1.24. The number of carboxylic acids is 1. The number of pyridine rings is 1. The van der Waals surface area contributed by atoms with Crippen molar-refractivity contribution in [3.8, 4) is 0 Å². The first-order valence-corrected chi connectivity index (χ1v) is 15.8. The minimum absolute atomic E-state index is 0.0332. The number of non-ortho nitro benzene ring substituents is 1.